The smallest absolute Gasteiger partial charge is 0.306 e. The number of hydrogen-bond acceptors (Lipinski definition) is 2. The number of esters is 1. The lowest BCUT2D eigenvalue weighted by Gasteiger charge is -2.17. The maximum Gasteiger partial charge on any atom is 0.306 e. The zero-order chi connectivity index (χ0) is 13.6. The number of hydrogen-bond donors (Lipinski definition) is 0. The molecule has 0 saturated carbocycles. The third-order valence-corrected chi connectivity index (χ3v) is 3.05. The van der Waals surface area contributed by atoms with E-state index < -0.39 is 0 Å². The monoisotopic (exact) mass is 254 g/mol. The number of rotatable bonds is 12. The molecule has 0 aromatic heterocycles. The summed E-state index contributed by atoms with van der Waals surface area (Å²) in [5.41, 5.74) is 0. The first-order chi connectivity index (χ1) is 8.74. The maximum atomic E-state index is 11.5. The van der Waals surface area contributed by atoms with Crippen LogP contribution in [0.15, 0.2) is 12.7 Å². The van der Waals surface area contributed by atoms with Crippen molar-refractivity contribution in [3.05, 3.63) is 12.7 Å². The summed E-state index contributed by atoms with van der Waals surface area (Å²) in [4.78, 5) is 11.5. The fourth-order valence-corrected chi connectivity index (χ4v) is 2.05. The highest BCUT2D eigenvalue weighted by atomic mass is 16.5. The SMILES string of the molecule is C=CCCCCCCC(CCC)OC(=O)CCC. The summed E-state index contributed by atoms with van der Waals surface area (Å²) in [6, 6.07) is 0. The van der Waals surface area contributed by atoms with Gasteiger partial charge in [-0.25, -0.2) is 0 Å². The topological polar surface area (TPSA) is 26.3 Å². The van der Waals surface area contributed by atoms with E-state index in [0.717, 1.165) is 32.1 Å². The van der Waals surface area contributed by atoms with Gasteiger partial charge in [0.05, 0.1) is 0 Å². The van der Waals surface area contributed by atoms with E-state index in [1.165, 1.54) is 25.7 Å². The second kappa shape index (κ2) is 12.7. The highest BCUT2D eigenvalue weighted by Crippen LogP contribution is 2.14. The van der Waals surface area contributed by atoms with E-state index in [2.05, 4.69) is 13.5 Å². The normalized spacial score (nSPS) is 12.1. The summed E-state index contributed by atoms with van der Waals surface area (Å²) in [5, 5.41) is 0. The Balaban J connectivity index is 3.68. The molecule has 0 rings (SSSR count). The highest BCUT2D eigenvalue weighted by Gasteiger charge is 2.12. The van der Waals surface area contributed by atoms with Gasteiger partial charge in [0.15, 0.2) is 0 Å². The van der Waals surface area contributed by atoms with Gasteiger partial charge in [-0.05, 0) is 38.5 Å². The molecule has 0 aliphatic heterocycles. The van der Waals surface area contributed by atoms with Crippen LogP contribution in [0.25, 0.3) is 0 Å². The Morgan fingerprint density at radius 2 is 1.83 bits per heavy atom. The molecular weight excluding hydrogens is 224 g/mol. The van der Waals surface area contributed by atoms with Crippen molar-refractivity contribution in [3.8, 4) is 0 Å². The first-order valence-corrected chi connectivity index (χ1v) is 7.54. The van der Waals surface area contributed by atoms with Gasteiger partial charge in [-0.2, -0.15) is 0 Å². The van der Waals surface area contributed by atoms with E-state index in [1.807, 2.05) is 13.0 Å². The predicted molar refractivity (Wildman–Crippen MR) is 77.6 cm³/mol. The summed E-state index contributed by atoms with van der Waals surface area (Å²) < 4.78 is 5.50. The summed E-state index contributed by atoms with van der Waals surface area (Å²) in [6.45, 7) is 7.88. The first kappa shape index (κ1) is 17.2. The largest absolute Gasteiger partial charge is 0.462 e. The van der Waals surface area contributed by atoms with Crippen LogP contribution in [0.4, 0.5) is 0 Å². The van der Waals surface area contributed by atoms with Gasteiger partial charge in [0, 0.05) is 6.42 Å². The van der Waals surface area contributed by atoms with Gasteiger partial charge in [-0.3, -0.25) is 4.79 Å². The van der Waals surface area contributed by atoms with Crippen molar-refractivity contribution in [1.82, 2.24) is 0 Å². The Morgan fingerprint density at radius 3 is 2.44 bits per heavy atom. The molecule has 1 atom stereocenters. The van der Waals surface area contributed by atoms with Gasteiger partial charge in [-0.15, -0.1) is 6.58 Å². The van der Waals surface area contributed by atoms with Crippen LogP contribution >= 0.6 is 0 Å². The minimum Gasteiger partial charge on any atom is -0.462 e. The number of ether oxygens (including phenoxy) is 1. The third-order valence-electron chi connectivity index (χ3n) is 3.05. The Morgan fingerprint density at radius 1 is 1.11 bits per heavy atom. The van der Waals surface area contributed by atoms with E-state index in [-0.39, 0.29) is 12.1 Å². The lowest BCUT2D eigenvalue weighted by Crippen LogP contribution is -2.17. The van der Waals surface area contributed by atoms with Crippen molar-refractivity contribution in [3.63, 3.8) is 0 Å². The van der Waals surface area contributed by atoms with Crippen LogP contribution in [0.1, 0.15) is 78.1 Å². The first-order valence-electron chi connectivity index (χ1n) is 7.54. The second-order valence-electron chi connectivity index (χ2n) is 4.93. The average molecular weight is 254 g/mol. The van der Waals surface area contributed by atoms with Crippen molar-refractivity contribution < 1.29 is 9.53 Å². The standard InChI is InChI=1S/C16H30O2/c1-4-7-8-9-10-11-14-15(12-5-2)18-16(17)13-6-3/h4,15H,1,5-14H2,2-3H3. The molecule has 1 unspecified atom stereocenters. The van der Waals surface area contributed by atoms with Crippen molar-refractivity contribution >= 4 is 5.97 Å². The van der Waals surface area contributed by atoms with Crippen LogP contribution < -0.4 is 0 Å². The number of carbonyl (C=O) groups is 1. The van der Waals surface area contributed by atoms with Crippen LogP contribution in [0.2, 0.25) is 0 Å². The number of allylic oxidation sites excluding steroid dienone is 1. The molecule has 0 N–H and O–H groups in total. The summed E-state index contributed by atoms with van der Waals surface area (Å²) >= 11 is 0. The van der Waals surface area contributed by atoms with Gasteiger partial charge >= 0.3 is 5.97 Å². The summed E-state index contributed by atoms with van der Waals surface area (Å²) in [5.74, 6) is -0.0254. The van der Waals surface area contributed by atoms with Crippen LogP contribution in [0, 0.1) is 0 Å². The van der Waals surface area contributed by atoms with E-state index in [9.17, 15) is 4.79 Å². The zero-order valence-electron chi connectivity index (χ0n) is 12.2. The lowest BCUT2D eigenvalue weighted by molar-refractivity contribution is -0.149. The van der Waals surface area contributed by atoms with Crippen molar-refractivity contribution in [2.45, 2.75) is 84.2 Å². The third kappa shape index (κ3) is 10.4. The Hall–Kier alpha value is -0.790. The minimum atomic E-state index is -0.0254. The van der Waals surface area contributed by atoms with Crippen LogP contribution in [-0.4, -0.2) is 12.1 Å². The fraction of sp³-hybridized carbons (Fsp3) is 0.812. The van der Waals surface area contributed by atoms with E-state index >= 15 is 0 Å². The predicted octanol–water partition coefficient (Wildman–Crippen LogP) is 5.03. The van der Waals surface area contributed by atoms with E-state index in [1.54, 1.807) is 0 Å². The molecular formula is C16H30O2. The quantitative estimate of drug-likeness (QED) is 0.277. The molecule has 0 bridgehead atoms. The highest BCUT2D eigenvalue weighted by molar-refractivity contribution is 5.69. The molecule has 0 amide bonds. The van der Waals surface area contributed by atoms with Crippen molar-refractivity contribution in [2.75, 3.05) is 0 Å². The lowest BCUT2D eigenvalue weighted by atomic mass is 10.0. The Kier molecular flexibility index (Phi) is 12.1. The van der Waals surface area contributed by atoms with Crippen molar-refractivity contribution in [1.29, 1.82) is 0 Å². The molecule has 0 heterocycles. The van der Waals surface area contributed by atoms with Crippen LogP contribution in [0.3, 0.4) is 0 Å². The molecule has 18 heavy (non-hydrogen) atoms. The number of unbranched alkanes of at least 4 members (excludes halogenated alkanes) is 4. The molecule has 0 aliphatic rings. The van der Waals surface area contributed by atoms with Gasteiger partial charge in [0.2, 0.25) is 0 Å². The van der Waals surface area contributed by atoms with E-state index in [0.29, 0.717) is 6.42 Å². The molecule has 0 aromatic carbocycles. The second-order valence-corrected chi connectivity index (χ2v) is 4.93. The molecule has 0 aromatic rings. The summed E-state index contributed by atoms with van der Waals surface area (Å²) in [6.07, 6.45) is 12.7. The molecule has 0 aliphatic carbocycles. The molecule has 0 spiro atoms. The van der Waals surface area contributed by atoms with Crippen molar-refractivity contribution in [2.24, 2.45) is 0 Å². The average Bonchev–Trinajstić information content (AvgIpc) is 2.34. The molecule has 0 saturated heterocycles. The van der Waals surface area contributed by atoms with Crippen LogP contribution in [-0.2, 0) is 9.53 Å². The minimum absolute atomic E-state index is 0.0254. The van der Waals surface area contributed by atoms with Crippen LogP contribution in [0.5, 0.6) is 0 Å². The van der Waals surface area contributed by atoms with Gasteiger partial charge in [0.1, 0.15) is 6.10 Å². The van der Waals surface area contributed by atoms with E-state index in [4.69, 9.17) is 4.74 Å². The maximum absolute atomic E-state index is 11.5. The number of carbonyl (C=O) groups excluding carboxylic acids is 1. The fourth-order valence-electron chi connectivity index (χ4n) is 2.05. The molecule has 2 heteroatoms. The molecule has 0 radical (unpaired) electrons. The van der Waals surface area contributed by atoms with Gasteiger partial charge < -0.3 is 4.74 Å². The Labute approximate surface area is 113 Å². The molecule has 106 valence electrons. The van der Waals surface area contributed by atoms with Gasteiger partial charge in [-0.1, -0.05) is 39.2 Å². The summed E-state index contributed by atoms with van der Waals surface area (Å²) in [7, 11) is 0. The zero-order valence-corrected chi connectivity index (χ0v) is 12.2. The van der Waals surface area contributed by atoms with Gasteiger partial charge in [0.25, 0.3) is 0 Å². The molecule has 0 fully saturated rings. The molecule has 2 nitrogen and oxygen atoms in total. The Bertz CT molecular complexity index is 211.